The van der Waals surface area contributed by atoms with Crippen LogP contribution in [0.3, 0.4) is 0 Å². The fourth-order valence-electron chi connectivity index (χ4n) is 1.03. The van der Waals surface area contributed by atoms with Crippen molar-refractivity contribution in [3.63, 3.8) is 0 Å². The molecule has 0 unspecified atom stereocenters. The van der Waals surface area contributed by atoms with Crippen LogP contribution in [-0.2, 0) is 6.18 Å². The molecule has 0 saturated carbocycles. The number of hydrogen-bond donors (Lipinski definition) is 0. The highest BCUT2D eigenvalue weighted by Crippen LogP contribution is 2.37. The average molecular weight is 334 g/mol. The fraction of sp³-hybridized carbons (Fsp3) is 0.333. The first-order chi connectivity index (χ1) is 6.86. The molecule has 1 nitrogen and oxygen atoms in total. The Morgan fingerprint density at radius 1 is 1.33 bits per heavy atom. The number of rotatable bonds is 2. The van der Waals surface area contributed by atoms with E-state index in [2.05, 4.69) is 0 Å². The lowest BCUT2D eigenvalue weighted by Gasteiger charge is -2.13. The van der Waals surface area contributed by atoms with Crippen molar-refractivity contribution in [2.75, 3.05) is 6.61 Å². The van der Waals surface area contributed by atoms with E-state index in [1.165, 1.54) is 22.6 Å². The second kappa shape index (κ2) is 4.54. The van der Waals surface area contributed by atoms with Crippen LogP contribution >= 0.6 is 22.6 Å². The van der Waals surface area contributed by atoms with Gasteiger partial charge in [0.1, 0.15) is 11.6 Å². The van der Waals surface area contributed by atoms with E-state index < -0.39 is 17.6 Å². The monoisotopic (exact) mass is 334 g/mol. The molecule has 0 radical (unpaired) electrons. The van der Waals surface area contributed by atoms with Crippen LogP contribution in [0, 0.1) is 9.39 Å². The van der Waals surface area contributed by atoms with Crippen molar-refractivity contribution >= 4 is 22.6 Å². The molecule has 6 heteroatoms. The third-order valence-electron chi connectivity index (χ3n) is 1.61. The van der Waals surface area contributed by atoms with Gasteiger partial charge in [-0.2, -0.15) is 13.2 Å². The van der Waals surface area contributed by atoms with Crippen LogP contribution in [0.2, 0.25) is 0 Å². The molecule has 1 aromatic rings. The van der Waals surface area contributed by atoms with Gasteiger partial charge in [-0.05, 0) is 35.6 Å². The highest BCUT2D eigenvalue weighted by molar-refractivity contribution is 14.1. The van der Waals surface area contributed by atoms with Gasteiger partial charge in [0.05, 0.1) is 15.7 Å². The Hall–Kier alpha value is -0.530. The zero-order valence-electron chi connectivity index (χ0n) is 7.66. The van der Waals surface area contributed by atoms with Crippen LogP contribution in [0.4, 0.5) is 17.6 Å². The summed E-state index contributed by atoms with van der Waals surface area (Å²) in [7, 11) is 0. The fourth-order valence-corrected chi connectivity index (χ4v) is 1.80. The summed E-state index contributed by atoms with van der Waals surface area (Å²) in [6, 6.07) is 1.41. The van der Waals surface area contributed by atoms with Crippen LogP contribution in [0.5, 0.6) is 5.75 Å². The van der Waals surface area contributed by atoms with Gasteiger partial charge in [-0.25, -0.2) is 4.39 Å². The van der Waals surface area contributed by atoms with Crippen molar-refractivity contribution < 1.29 is 22.3 Å². The van der Waals surface area contributed by atoms with Crippen molar-refractivity contribution in [3.8, 4) is 5.75 Å². The maximum atomic E-state index is 12.9. The molecular formula is C9H7F4IO. The SMILES string of the molecule is CCOc1cc(F)cc(C(F)(F)F)c1I. The second-order valence-electron chi connectivity index (χ2n) is 2.70. The number of benzene rings is 1. The maximum Gasteiger partial charge on any atom is 0.417 e. The average Bonchev–Trinajstić information content (AvgIpc) is 2.09. The first-order valence-electron chi connectivity index (χ1n) is 4.05. The van der Waals surface area contributed by atoms with Crippen molar-refractivity contribution in [2.45, 2.75) is 13.1 Å². The number of halogens is 5. The molecule has 15 heavy (non-hydrogen) atoms. The Labute approximate surface area is 97.6 Å². The topological polar surface area (TPSA) is 9.23 Å². The molecule has 1 aromatic carbocycles. The minimum absolute atomic E-state index is 0.0783. The van der Waals surface area contributed by atoms with E-state index >= 15 is 0 Å². The summed E-state index contributed by atoms with van der Waals surface area (Å²) < 4.78 is 54.9. The standard InChI is InChI=1S/C9H7F4IO/c1-2-15-7-4-5(10)3-6(8(7)14)9(11,12)13/h3-4H,2H2,1H3. The minimum Gasteiger partial charge on any atom is -0.493 e. The zero-order chi connectivity index (χ0) is 11.6. The molecule has 0 atom stereocenters. The van der Waals surface area contributed by atoms with Gasteiger partial charge in [-0.3, -0.25) is 0 Å². The highest BCUT2D eigenvalue weighted by atomic mass is 127. The van der Waals surface area contributed by atoms with Crippen molar-refractivity contribution in [1.29, 1.82) is 0 Å². The third kappa shape index (κ3) is 2.96. The summed E-state index contributed by atoms with van der Waals surface area (Å²) in [6.07, 6.45) is -4.57. The molecule has 1 rings (SSSR count). The van der Waals surface area contributed by atoms with Crippen LogP contribution < -0.4 is 4.74 Å². The molecule has 0 aliphatic heterocycles. The third-order valence-corrected chi connectivity index (χ3v) is 2.72. The van der Waals surface area contributed by atoms with E-state index in [0.29, 0.717) is 6.07 Å². The Kier molecular flexibility index (Phi) is 3.80. The number of ether oxygens (including phenoxy) is 1. The van der Waals surface area contributed by atoms with Crippen LogP contribution in [0.25, 0.3) is 0 Å². The summed E-state index contributed by atoms with van der Waals surface area (Å²) in [6.45, 7) is 1.81. The molecule has 0 N–H and O–H groups in total. The Bertz CT molecular complexity index is 362. The number of hydrogen-bond acceptors (Lipinski definition) is 1. The summed E-state index contributed by atoms with van der Waals surface area (Å²) >= 11 is 1.49. The van der Waals surface area contributed by atoms with Crippen LogP contribution in [0.1, 0.15) is 12.5 Å². The molecule has 0 fully saturated rings. The Morgan fingerprint density at radius 2 is 1.93 bits per heavy atom. The lowest BCUT2D eigenvalue weighted by Crippen LogP contribution is -2.09. The van der Waals surface area contributed by atoms with Gasteiger partial charge in [0.15, 0.2) is 0 Å². The molecule has 0 heterocycles. The van der Waals surface area contributed by atoms with Gasteiger partial charge in [-0.15, -0.1) is 0 Å². The van der Waals surface area contributed by atoms with Gasteiger partial charge in [-0.1, -0.05) is 0 Å². The van der Waals surface area contributed by atoms with Gasteiger partial charge in [0, 0.05) is 6.07 Å². The van der Waals surface area contributed by atoms with Crippen LogP contribution in [-0.4, -0.2) is 6.61 Å². The smallest absolute Gasteiger partial charge is 0.417 e. The molecule has 0 saturated heterocycles. The predicted octanol–water partition coefficient (Wildman–Crippen LogP) is 3.85. The first-order valence-corrected chi connectivity index (χ1v) is 5.13. The van der Waals surface area contributed by atoms with Crippen molar-refractivity contribution in [1.82, 2.24) is 0 Å². The Balaban J connectivity index is 3.28. The van der Waals surface area contributed by atoms with E-state index in [1.807, 2.05) is 0 Å². The minimum atomic E-state index is -4.57. The van der Waals surface area contributed by atoms with Gasteiger partial charge >= 0.3 is 6.18 Å². The lowest BCUT2D eigenvalue weighted by atomic mass is 10.2. The summed E-state index contributed by atoms with van der Waals surface area (Å²) in [5, 5.41) is 0. The molecule has 0 amide bonds. The van der Waals surface area contributed by atoms with Gasteiger partial charge < -0.3 is 4.74 Å². The predicted molar refractivity (Wildman–Crippen MR) is 55.3 cm³/mol. The molecule has 0 aliphatic carbocycles. The zero-order valence-corrected chi connectivity index (χ0v) is 9.82. The lowest BCUT2D eigenvalue weighted by molar-refractivity contribution is -0.138. The van der Waals surface area contributed by atoms with Gasteiger partial charge in [0.25, 0.3) is 0 Å². The summed E-state index contributed by atoms with van der Waals surface area (Å²) in [4.78, 5) is 0. The molecule has 0 bridgehead atoms. The van der Waals surface area contributed by atoms with Gasteiger partial charge in [0.2, 0.25) is 0 Å². The van der Waals surface area contributed by atoms with E-state index in [9.17, 15) is 17.6 Å². The van der Waals surface area contributed by atoms with E-state index in [4.69, 9.17) is 4.74 Å². The van der Waals surface area contributed by atoms with Crippen molar-refractivity contribution in [3.05, 3.63) is 27.1 Å². The maximum absolute atomic E-state index is 12.9. The Morgan fingerprint density at radius 3 is 2.40 bits per heavy atom. The van der Waals surface area contributed by atoms with E-state index in [1.54, 1.807) is 6.92 Å². The van der Waals surface area contributed by atoms with E-state index in [0.717, 1.165) is 6.07 Å². The highest BCUT2D eigenvalue weighted by Gasteiger charge is 2.34. The first kappa shape index (κ1) is 12.5. The van der Waals surface area contributed by atoms with Crippen molar-refractivity contribution in [2.24, 2.45) is 0 Å². The number of alkyl halides is 3. The summed E-state index contributed by atoms with van der Waals surface area (Å²) in [5.74, 6) is -1.03. The van der Waals surface area contributed by atoms with Crippen LogP contribution in [0.15, 0.2) is 12.1 Å². The molecule has 0 aliphatic rings. The van der Waals surface area contributed by atoms with E-state index in [-0.39, 0.29) is 15.9 Å². The molecule has 0 aromatic heterocycles. The molecule has 84 valence electrons. The molecular weight excluding hydrogens is 327 g/mol. The normalized spacial score (nSPS) is 11.6. The second-order valence-corrected chi connectivity index (χ2v) is 3.77. The summed E-state index contributed by atoms with van der Waals surface area (Å²) in [5.41, 5.74) is -1.01. The quantitative estimate of drug-likeness (QED) is 0.590. The largest absolute Gasteiger partial charge is 0.493 e. The molecule has 0 spiro atoms.